The number of nitrogens with zero attached hydrogens (tertiary/aromatic N) is 1. The van der Waals surface area contributed by atoms with Crippen LogP contribution in [0.2, 0.25) is 0 Å². The third kappa shape index (κ3) is 3.83. The summed E-state index contributed by atoms with van der Waals surface area (Å²) in [6.45, 7) is 2.28. The molecule has 0 radical (unpaired) electrons. The predicted molar refractivity (Wildman–Crippen MR) is 118 cm³/mol. The number of amides is 2. The fraction of sp³-hybridized carbons (Fsp3) is 0.286. The number of primary amides is 1. The highest BCUT2D eigenvalue weighted by atomic mass is 32.1. The topological polar surface area (TPSA) is 108 Å². The monoisotopic (exact) mass is 443 g/mol. The minimum atomic E-state index is -0.500. The summed E-state index contributed by atoms with van der Waals surface area (Å²) in [5.74, 6) is 0.00838. The molecule has 7 nitrogen and oxygen atoms in total. The van der Waals surface area contributed by atoms with Gasteiger partial charge in [-0.3, -0.25) is 9.59 Å². The van der Waals surface area contributed by atoms with Crippen LogP contribution in [0.15, 0.2) is 36.0 Å². The van der Waals surface area contributed by atoms with Crippen molar-refractivity contribution in [1.29, 1.82) is 0 Å². The van der Waals surface area contributed by atoms with Gasteiger partial charge in [0.15, 0.2) is 5.06 Å². The number of allylic oxidation sites excluding steroid dienone is 1. The van der Waals surface area contributed by atoms with Crippen LogP contribution < -0.4 is 16.2 Å². The molecule has 1 aromatic heterocycles. The van der Waals surface area contributed by atoms with Gasteiger partial charge in [-0.2, -0.15) is 0 Å². The standard InChI is InChI=1S/C21H21N3O4S2/c22-11-13-3-6-15-16(17(13)29)21(30-18(15)19(23)25)28-14-4-1-12(2-5-14)20(26)24-7-9-27-10-8-24/h1-2,4-5,11H,3,6-10,22H2,(H2,23,25). The highest BCUT2D eigenvalue weighted by molar-refractivity contribution is 7.81. The third-order valence-corrected chi connectivity index (χ3v) is 6.76. The molecule has 2 heterocycles. The SMILES string of the molecule is NC=C1CCc2c(C(N)=O)sc(Oc3ccc(C(=O)N4CCOCC4)cc3)c2C1=S. The Hall–Kier alpha value is -2.75. The normalized spacial score (nSPS) is 17.7. The summed E-state index contributed by atoms with van der Waals surface area (Å²) in [5, 5.41) is 0.509. The molecule has 0 bridgehead atoms. The Labute approximate surface area is 183 Å². The minimum Gasteiger partial charge on any atom is -0.446 e. The van der Waals surface area contributed by atoms with E-state index in [4.69, 9.17) is 33.2 Å². The Morgan fingerprint density at radius 2 is 1.87 bits per heavy atom. The number of nitrogens with two attached hydrogens (primary N) is 2. The quantitative estimate of drug-likeness (QED) is 0.556. The van der Waals surface area contributed by atoms with Gasteiger partial charge in [0.25, 0.3) is 11.8 Å². The summed E-state index contributed by atoms with van der Waals surface area (Å²) in [6.07, 6.45) is 2.80. The predicted octanol–water partition coefficient (Wildman–Crippen LogP) is 2.62. The zero-order chi connectivity index (χ0) is 21.3. The van der Waals surface area contributed by atoms with Gasteiger partial charge in [0.05, 0.1) is 28.5 Å². The Morgan fingerprint density at radius 3 is 2.50 bits per heavy atom. The largest absolute Gasteiger partial charge is 0.446 e. The van der Waals surface area contributed by atoms with Crippen molar-refractivity contribution in [2.45, 2.75) is 12.8 Å². The van der Waals surface area contributed by atoms with Crippen molar-refractivity contribution >= 4 is 40.2 Å². The smallest absolute Gasteiger partial charge is 0.259 e. The van der Waals surface area contributed by atoms with Crippen molar-refractivity contribution < 1.29 is 19.1 Å². The van der Waals surface area contributed by atoms with Gasteiger partial charge in [0.2, 0.25) is 0 Å². The van der Waals surface area contributed by atoms with Crippen LogP contribution in [0.25, 0.3) is 0 Å². The maximum absolute atomic E-state index is 12.6. The van der Waals surface area contributed by atoms with Crippen LogP contribution in [-0.2, 0) is 11.2 Å². The summed E-state index contributed by atoms with van der Waals surface area (Å²) in [7, 11) is 0. The maximum Gasteiger partial charge on any atom is 0.259 e. The fourth-order valence-electron chi connectivity index (χ4n) is 3.60. The molecule has 4 rings (SSSR count). The summed E-state index contributed by atoms with van der Waals surface area (Å²) < 4.78 is 11.4. The second-order valence-electron chi connectivity index (χ2n) is 6.99. The highest BCUT2D eigenvalue weighted by Gasteiger charge is 2.30. The van der Waals surface area contributed by atoms with E-state index >= 15 is 0 Å². The van der Waals surface area contributed by atoms with E-state index in [1.54, 1.807) is 29.2 Å². The lowest BCUT2D eigenvalue weighted by atomic mass is 9.89. The summed E-state index contributed by atoms with van der Waals surface area (Å²) in [4.78, 5) is 27.3. The van der Waals surface area contributed by atoms with Crippen LogP contribution in [0.1, 0.15) is 37.6 Å². The van der Waals surface area contributed by atoms with Crippen molar-refractivity contribution in [3.05, 3.63) is 57.6 Å². The lowest BCUT2D eigenvalue weighted by Crippen LogP contribution is -2.40. The Bertz CT molecular complexity index is 1040. The van der Waals surface area contributed by atoms with Gasteiger partial charge in [-0.15, -0.1) is 0 Å². The van der Waals surface area contributed by atoms with E-state index in [0.29, 0.717) is 70.8 Å². The van der Waals surface area contributed by atoms with Crippen molar-refractivity contribution in [3.63, 3.8) is 0 Å². The molecule has 2 aliphatic rings. The number of carbonyl (C=O) groups excluding carboxylic acids is 2. The number of benzene rings is 1. The molecule has 0 atom stereocenters. The number of thiophene rings is 1. The van der Waals surface area contributed by atoms with Crippen LogP contribution in [0.3, 0.4) is 0 Å². The molecule has 1 saturated heterocycles. The van der Waals surface area contributed by atoms with Gasteiger partial charge in [-0.1, -0.05) is 23.6 Å². The zero-order valence-electron chi connectivity index (χ0n) is 16.2. The summed E-state index contributed by atoms with van der Waals surface area (Å²) >= 11 is 6.76. The van der Waals surface area contributed by atoms with E-state index in [-0.39, 0.29) is 5.91 Å². The number of hydrogen-bond donors (Lipinski definition) is 2. The van der Waals surface area contributed by atoms with E-state index < -0.39 is 5.91 Å². The van der Waals surface area contributed by atoms with Crippen LogP contribution in [0.4, 0.5) is 0 Å². The first-order chi connectivity index (χ1) is 14.5. The molecule has 1 aromatic carbocycles. The second-order valence-corrected chi connectivity index (χ2v) is 8.38. The van der Waals surface area contributed by atoms with Crippen LogP contribution >= 0.6 is 23.6 Å². The zero-order valence-corrected chi connectivity index (χ0v) is 17.8. The van der Waals surface area contributed by atoms with Crippen molar-refractivity contribution in [2.24, 2.45) is 11.5 Å². The molecule has 30 heavy (non-hydrogen) atoms. The Morgan fingerprint density at radius 1 is 1.17 bits per heavy atom. The molecule has 1 aliphatic carbocycles. The molecule has 2 amide bonds. The summed E-state index contributed by atoms with van der Waals surface area (Å²) in [6, 6.07) is 6.92. The van der Waals surface area contributed by atoms with Gasteiger partial charge in [-0.05, 0) is 54.4 Å². The fourth-order valence-corrected chi connectivity index (χ4v) is 5.12. The van der Waals surface area contributed by atoms with E-state index in [2.05, 4.69) is 0 Å². The maximum atomic E-state index is 12.6. The first-order valence-corrected chi connectivity index (χ1v) is 10.8. The molecule has 0 unspecified atom stereocenters. The number of fused-ring (bicyclic) bond motifs is 1. The van der Waals surface area contributed by atoms with E-state index in [1.807, 2.05) is 0 Å². The molecule has 2 aromatic rings. The van der Waals surface area contributed by atoms with Gasteiger partial charge < -0.3 is 25.8 Å². The van der Waals surface area contributed by atoms with E-state index in [0.717, 1.165) is 11.1 Å². The van der Waals surface area contributed by atoms with Gasteiger partial charge in [0.1, 0.15) is 5.75 Å². The third-order valence-electron chi connectivity index (χ3n) is 5.17. The molecular formula is C21H21N3O4S2. The van der Waals surface area contributed by atoms with Gasteiger partial charge >= 0.3 is 0 Å². The molecule has 0 saturated carbocycles. The van der Waals surface area contributed by atoms with Crippen molar-refractivity contribution in [1.82, 2.24) is 4.90 Å². The van der Waals surface area contributed by atoms with Gasteiger partial charge in [0, 0.05) is 18.7 Å². The lowest BCUT2D eigenvalue weighted by molar-refractivity contribution is 0.0303. The van der Waals surface area contributed by atoms with Crippen LogP contribution in [0, 0.1) is 0 Å². The number of thiocarbonyl (C=S) groups is 1. The average Bonchev–Trinajstić information content (AvgIpc) is 3.14. The first-order valence-electron chi connectivity index (χ1n) is 9.55. The average molecular weight is 444 g/mol. The van der Waals surface area contributed by atoms with E-state index in [1.165, 1.54) is 17.5 Å². The molecule has 156 valence electrons. The van der Waals surface area contributed by atoms with E-state index in [9.17, 15) is 9.59 Å². The number of carbonyl (C=O) groups is 2. The highest BCUT2D eigenvalue weighted by Crippen LogP contribution is 2.43. The molecule has 9 heteroatoms. The Balaban J connectivity index is 1.59. The summed E-state index contributed by atoms with van der Waals surface area (Å²) in [5.41, 5.74) is 14.2. The molecule has 1 fully saturated rings. The van der Waals surface area contributed by atoms with Crippen LogP contribution in [-0.4, -0.2) is 47.9 Å². The van der Waals surface area contributed by atoms with Gasteiger partial charge in [-0.25, -0.2) is 0 Å². The lowest BCUT2D eigenvalue weighted by Gasteiger charge is -2.26. The number of hydrogen-bond acceptors (Lipinski definition) is 7. The molecule has 1 aliphatic heterocycles. The van der Waals surface area contributed by atoms with Crippen molar-refractivity contribution in [3.8, 4) is 10.8 Å². The minimum absolute atomic E-state index is 0.0340. The Kier molecular flexibility index (Phi) is 5.85. The molecule has 4 N–H and O–H groups in total. The molecular weight excluding hydrogens is 422 g/mol. The number of rotatable bonds is 4. The second kappa shape index (κ2) is 8.55. The number of morpholine rings is 1. The van der Waals surface area contributed by atoms with Crippen LogP contribution in [0.5, 0.6) is 10.8 Å². The molecule has 0 spiro atoms. The first kappa shape index (κ1) is 20.5. The van der Waals surface area contributed by atoms with Crippen molar-refractivity contribution in [2.75, 3.05) is 26.3 Å². The number of ether oxygens (including phenoxy) is 2.